The van der Waals surface area contributed by atoms with Crippen molar-refractivity contribution >= 4 is 17.4 Å². The number of ether oxygens (including phenoxy) is 3. The van der Waals surface area contributed by atoms with E-state index < -0.39 is 17.7 Å². The molecule has 1 aromatic heterocycles. The zero-order chi connectivity index (χ0) is 26.8. The molecule has 8 nitrogen and oxygen atoms in total. The second-order valence-electron chi connectivity index (χ2n) is 9.31. The number of likely N-dealkylation sites (tertiary alicyclic amines) is 1. The molecule has 2 aliphatic rings. The predicted molar refractivity (Wildman–Crippen MR) is 141 cm³/mol. The van der Waals surface area contributed by atoms with E-state index in [9.17, 15) is 14.7 Å². The molecule has 0 aliphatic carbocycles. The van der Waals surface area contributed by atoms with Crippen LogP contribution in [0.3, 0.4) is 0 Å². The molecule has 0 bridgehead atoms. The molecule has 1 saturated heterocycles. The Labute approximate surface area is 221 Å². The van der Waals surface area contributed by atoms with Crippen molar-refractivity contribution in [3.63, 3.8) is 0 Å². The predicted octanol–water partition coefficient (Wildman–Crippen LogP) is 4.82. The summed E-state index contributed by atoms with van der Waals surface area (Å²) in [5, 5.41) is 11.5. The summed E-state index contributed by atoms with van der Waals surface area (Å²) in [4.78, 5) is 32.4. The van der Waals surface area contributed by atoms with Crippen LogP contribution in [0.2, 0.25) is 0 Å². The van der Waals surface area contributed by atoms with Gasteiger partial charge < -0.3 is 24.2 Å². The number of nitrogens with zero attached hydrogens (tertiary/aromatic N) is 2. The first kappa shape index (κ1) is 25.3. The van der Waals surface area contributed by atoms with E-state index >= 15 is 0 Å². The molecule has 1 N–H and O–H groups in total. The lowest BCUT2D eigenvalue weighted by molar-refractivity contribution is -0.140. The highest BCUT2D eigenvalue weighted by molar-refractivity contribution is 6.46. The molecule has 0 unspecified atom stereocenters. The van der Waals surface area contributed by atoms with Gasteiger partial charge in [-0.15, -0.1) is 0 Å². The Balaban J connectivity index is 1.65. The van der Waals surface area contributed by atoms with E-state index in [-0.39, 0.29) is 24.0 Å². The van der Waals surface area contributed by atoms with Gasteiger partial charge in [0.2, 0.25) is 0 Å². The van der Waals surface area contributed by atoms with Crippen molar-refractivity contribution in [1.82, 2.24) is 9.88 Å². The van der Waals surface area contributed by atoms with Gasteiger partial charge >= 0.3 is 0 Å². The monoisotopic (exact) mass is 514 g/mol. The summed E-state index contributed by atoms with van der Waals surface area (Å²) in [5.74, 6) is 0.190. The van der Waals surface area contributed by atoms with Crippen LogP contribution in [0.1, 0.15) is 49.1 Å². The Morgan fingerprint density at radius 2 is 1.76 bits per heavy atom. The molecule has 2 atom stereocenters. The van der Waals surface area contributed by atoms with Crippen molar-refractivity contribution in [1.29, 1.82) is 0 Å². The average molecular weight is 515 g/mol. The molecule has 38 heavy (non-hydrogen) atoms. The minimum absolute atomic E-state index is 0.0302. The number of aromatic nitrogens is 1. The Morgan fingerprint density at radius 1 is 1.03 bits per heavy atom. The van der Waals surface area contributed by atoms with Gasteiger partial charge in [0.15, 0.2) is 11.5 Å². The fourth-order valence-electron chi connectivity index (χ4n) is 5.04. The fourth-order valence-corrected chi connectivity index (χ4v) is 5.04. The highest BCUT2D eigenvalue weighted by Crippen LogP contribution is 2.43. The minimum Gasteiger partial charge on any atom is -0.507 e. The smallest absolute Gasteiger partial charge is 0.295 e. The van der Waals surface area contributed by atoms with Gasteiger partial charge in [0.05, 0.1) is 24.8 Å². The Hall–Kier alpha value is -4.33. The molecule has 1 amide bonds. The van der Waals surface area contributed by atoms with E-state index in [4.69, 9.17) is 14.2 Å². The highest BCUT2D eigenvalue weighted by atomic mass is 16.5. The van der Waals surface area contributed by atoms with Crippen LogP contribution >= 0.6 is 0 Å². The summed E-state index contributed by atoms with van der Waals surface area (Å²) < 4.78 is 17.3. The first-order valence-corrected chi connectivity index (χ1v) is 12.8. The summed E-state index contributed by atoms with van der Waals surface area (Å²) in [6.07, 6.45) is 4.01. The molecular formula is C30H30N2O6. The standard InChI is InChI=1S/C30H30N2O6/c1-4-36-24-9-6-20(16-25(24)37-5-2)27-26(28(33)21-7-8-23-22(15-21)14-18(3)38-23)29(34)30(35)32(27)17-19-10-12-31-13-11-19/h6-13,15-16,18,27,33H,4-5,14,17H2,1-3H3/b28-26+/t18-,27-/m0/s1. The molecule has 1 fully saturated rings. The molecule has 5 rings (SSSR count). The third-order valence-corrected chi connectivity index (χ3v) is 6.69. The van der Waals surface area contributed by atoms with Crippen LogP contribution < -0.4 is 14.2 Å². The van der Waals surface area contributed by atoms with Gasteiger partial charge in [0.25, 0.3) is 11.7 Å². The van der Waals surface area contributed by atoms with Crippen LogP contribution in [0.15, 0.2) is 66.5 Å². The van der Waals surface area contributed by atoms with Crippen LogP contribution in [-0.2, 0) is 22.6 Å². The number of rotatable bonds is 8. The first-order valence-electron chi connectivity index (χ1n) is 12.8. The van der Waals surface area contributed by atoms with Crippen LogP contribution in [-0.4, -0.2) is 46.0 Å². The molecule has 3 aromatic rings. The lowest BCUT2D eigenvalue weighted by Crippen LogP contribution is -2.29. The van der Waals surface area contributed by atoms with Crippen LogP contribution in [0.25, 0.3) is 5.76 Å². The van der Waals surface area contributed by atoms with Gasteiger partial charge in [0, 0.05) is 30.9 Å². The number of carbonyl (C=O) groups is 2. The third-order valence-electron chi connectivity index (χ3n) is 6.69. The van der Waals surface area contributed by atoms with Gasteiger partial charge in [-0.25, -0.2) is 0 Å². The maximum atomic E-state index is 13.5. The van der Waals surface area contributed by atoms with Crippen molar-refractivity contribution in [3.05, 3.63) is 88.8 Å². The molecule has 2 aliphatic heterocycles. The van der Waals surface area contributed by atoms with Crippen LogP contribution in [0.4, 0.5) is 0 Å². The van der Waals surface area contributed by atoms with Crippen molar-refractivity contribution in [2.24, 2.45) is 0 Å². The molecule has 8 heteroatoms. The number of hydrogen-bond donors (Lipinski definition) is 1. The Kier molecular flexibility index (Phi) is 7.05. The summed E-state index contributed by atoms with van der Waals surface area (Å²) >= 11 is 0. The quantitative estimate of drug-likeness (QED) is 0.261. The average Bonchev–Trinajstić information content (AvgIpc) is 3.41. The fraction of sp³-hybridized carbons (Fsp3) is 0.300. The van der Waals surface area contributed by atoms with E-state index in [1.54, 1.807) is 54.9 Å². The number of aliphatic hydroxyl groups excluding tert-OH is 1. The molecule has 0 saturated carbocycles. The number of carbonyl (C=O) groups excluding carboxylic acids is 2. The number of benzene rings is 2. The molecule has 2 aromatic carbocycles. The van der Waals surface area contributed by atoms with Crippen LogP contribution in [0, 0.1) is 0 Å². The lowest BCUT2D eigenvalue weighted by atomic mass is 9.94. The topological polar surface area (TPSA) is 98.2 Å². The van der Waals surface area contributed by atoms with Crippen molar-refractivity contribution in [3.8, 4) is 17.2 Å². The molecule has 0 radical (unpaired) electrons. The number of aliphatic hydroxyl groups is 1. The van der Waals surface area contributed by atoms with E-state index in [0.717, 1.165) is 16.9 Å². The van der Waals surface area contributed by atoms with Gasteiger partial charge in [0.1, 0.15) is 17.6 Å². The van der Waals surface area contributed by atoms with Crippen LogP contribution in [0.5, 0.6) is 17.2 Å². The lowest BCUT2D eigenvalue weighted by Gasteiger charge is -2.26. The van der Waals surface area contributed by atoms with Crippen molar-refractivity contribution in [2.75, 3.05) is 13.2 Å². The van der Waals surface area contributed by atoms with Crippen molar-refractivity contribution < 1.29 is 28.9 Å². The SMILES string of the molecule is CCOc1ccc([C@H]2/C(=C(\O)c3ccc4c(c3)C[C@H](C)O4)C(=O)C(=O)N2Cc2ccncc2)cc1OCC. The second-order valence-corrected chi connectivity index (χ2v) is 9.31. The molecule has 196 valence electrons. The maximum absolute atomic E-state index is 13.5. The van der Waals surface area contributed by atoms with Gasteiger partial charge in [-0.3, -0.25) is 14.6 Å². The minimum atomic E-state index is -0.832. The van der Waals surface area contributed by atoms with E-state index in [1.165, 1.54) is 4.90 Å². The number of ketones is 1. The van der Waals surface area contributed by atoms with Gasteiger partial charge in [-0.1, -0.05) is 6.07 Å². The summed E-state index contributed by atoms with van der Waals surface area (Å²) in [5.41, 5.74) is 2.88. The Bertz CT molecular complexity index is 1400. The normalized spacial score (nSPS) is 19.8. The number of hydrogen-bond acceptors (Lipinski definition) is 7. The third kappa shape index (κ3) is 4.69. The molecule has 3 heterocycles. The first-order chi connectivity index (χ1) is 18.4. The maximum Gasteiger partial charge on any atom is 0.295 e. The summed E-state index contributed by atoms with van der Waals surface area (Å²) in [6.45, 7) is 6.77. The highest BCUT2D eigenvalue weighted by Gasteiger charge is 2.46. The van der Waals surface area contributed by atoms with Crippen molar-refractivity contribution in [2.45, 2.75) is 45.9 Å². The number of pyridine rings is 1. The molecular weight excluding hydrogens is 484 g/mol. The number of fused-ring (bicyclic) bond motifs is 1. The second kappa shape index (κ2) is 10.6. The number of amides is 1. The van der Waals surface area contributed by atoms with E-state index in [2.05, 4.69) is 4.98 Å². The Morgan fingerprint density at radius 3 is 2.50 bits per heavy atom. The number of Topliss-reactive ketones (excluding diaryl/α,β-unsaturated/α-hetero) is 1. The zero-order valence-electron chi connectivity index (χ0n) is 21.6. The van der Waals surface area contributed by atoms with E-state index in [1.807, 2.05) is 26.8 Å². The summed E-state index contributed by atoms with van der Waals surface area (Å²) in [6, 6.07) is 13.4. The van der Waals surface area contributed by atoms with Gasteiger partial charge in [-0.05, 0) is 79.9 Å². The summed E-state index contributed by atoms with van der Waals surface area (Å²) in [7, 11) is 0. The van der Waals surface area contributed by atoms with E-state index in [0.29, 0.717) is 42.3 Å². The largest absolute Gasteiger partial charge is 0.507 e. The zero-order valence-corrected chi connectivity index (χ0v) is 21.6. The molecule has 0 spiro atoms. The van der Waals surface area contributed by atoms with Gasteiger partial charge in [-0.2, -0.15) is 0 Å².